The lowest BCUT2D eigenvalue weighted by Crippen LogP contribution is -2.02. The highest BCUT2D eigenvalue weighted by molar-refractivity contribution is 5.88. The second-order valence-electron chi connectivity index (χ2n) is 4.31. The molecule has 0 aliphatic carbocycles. The summed E-state index contributed by atoms with van der Waals surface area (Å²) in [6.45, 7) is 1.57. The van der Waals surface area contributed by atoms with Gasteiger partial charge in [-0.1, -0.05) is 6.07 Å². The zero-order valence-corrected chi connectivity index (χ0v) is 10.7. The molecule has 0 radical (unpaired) electrons. The van der Waals surface area contributed by atoms with Gasteiger partial charge in [0.25, 0.3) is 0 Å². The fourth-order valence-corrected chi connectivity index (χ4v) is 1.70. The first-order valence-corrected chi connectivity index (χ1v) is 5.88. The Kier molecular flexibility index (Phi) is 3.98. The minimum Gasteiger partial charge on any atom is -0.488 e. The second kappa shape index (κ2) is 5.69. The molecule has 0 aliphatic heterocycles. The van der Waals surface area contributed by atoms with E-state index in [0.717, 1.165) is 18.2 Å². The summed E-state index contributed by atoms with van der Waals surface area (Å²) in [5, 5.41) is 8.90. The number of carboxylic acids is 1. The van der Waals surface area contributed by atoms with E-state index in [1.807, 2.05) is 0 Å². The highest BCUT2D eigenvalue weighted by Crippen LogP contribution is 2.21. The molecule has 2 aromatic carbocycles. The molecular formula is C15H12F2O3. The number of carbonyl (C=O) groups is 1. The molecule has 0 saturated heterocycles. The smallest absolute Gasteiger partial charge is 0.335 e. The third kappa shape index (κ3) is 3.12. The fraction of sp³-hybridized carbons (Fsp3) is 0.133. The normalized spacial score (nSPS) is 10.3. The van der Waals surface area contributed by atoms with Crippen molar-refractivity contribution < 1.29 is 23.4 Å². The summed E-state index contributed by atoms with van der Waals surface area (Å²) in [7, 11) is 0. The average molecular weight is 278 g/mol. The van der Waals surface area contributed by atoms with Crippen LogP contribution in [0.2, 0.25) is 0 Å². The van der Waals surface area contributed by atoms with E-state index in [1.165, 1.54) is 12.1 Å². The summed E-state index contributed by atoms with van der Waals surface area (Å²) in [5.74, 6) is -1.88. The molecule has 0 atom stereocenters. The van der Waals surface area contributed by atoms with Gasteiger partial charge in [-0.2, -0.15) is 0 Å². The molecule has 0 fully saturated rings. The molecular weight excluding hydrogens is 266 g/mol. The Morgan fingerprint density at radius 2 is 1.95 bits per heavy atom. The molecule has 104 valence electrons. The summed E-state index contributed by atoms with van der Waals surface area (Å²) >= 11 is 0. The van der Waals surface area contributed by atoms with Gasteiger partial charge in [0, 0.05) is 5.56 Å². The van der Waals surface area contributed by atoms with E-state index in [9.17, 15) is 13.6 Å². The molecule has 0 unspecified atom stereocenters. The topological polar surface area (TPSA) is 46.5 Å². The predicted octanol–water partition coefficient (Wildman–Crippen LogP) is 3.55. The largest absolute Gasteiger partial charge is 0.488 e. The van der Waals surface area contributed by atoms with Crippen molar-refractivity contribution in [1.82, 2.24) is 0 Å². The minimum absolute atomic E-state index is 0.0742. The van der Waals surface area contributed by atoms with E-state index in [2.05, 4.69) is 0 Å². The van der Waals surface area contributed by atoms with Crippen LogP contribution < -0.4 is 4.74 Å². The predicted molar refractivity (Wildman–Crippen MR) is 68.8 cm³/mol. The maximum Gasteiger partial charge on any atom is 0.335 e. The molecule has 5 heteroatoms. The van der Waals surface area contributed by atoms with Crippen LogP contribution in [0.5, 0.6) is 5.75 Å². The van der Waals surface area contributed by atoms with Crippen LogP contribution in [-0.2, 0) is 6.61 Å². The molecule has 0 aliphatic rings. The highest BCUT2D eigenvalue weighted by atomic mass is 19.1. The van der Waals surface area contributed by atoms with E-state index < -0.39 is 17.6 Å². The number of aryl methyl sites for hydroxylation is 1. The Morgan fingerprint density at radius 1 is 1.20 bits per heavy atom. The lowest BCUT2D eigenvalue weighted by molar-refractivity contribution is 0.0696. The van der Waals surface area contributed by atoms with Gasteiger partial charge in [0.1, 0.15) is 24.0 Å². The molecule has 2 rings (SSSR count). The van der Waals surface area contributed by atoms with Crippen molar-refractivity contribution in [2.24, 2.45) is 0 Å². The summed E-state index contributed by atoms with van der Waals surface area (Å²) in [6, 6.07) is 7.50. The molecule has 1 N–H and O–H groups in total. The van der Waals surface area contributed by atoms with Crippen molar-refractivity contribution in [2.45, 2.75) is 13.5 Å². The monoisotopic (exact) mass is 278 g/mol. The summed E-state index contributed by atoms with van der Waals surface area (Å²) in [4.78, 5) is 10.9. The zero-order valence-electron chi connectivity index (χ0n) is 10.7. The van der Waals surface area contributed by atoms with Crippen molar-refractivity contribution >= 4 is 5.97 Å². The Labute approximate surface area is 114 Å². The molecule has 0 spiro atoms. The maximum atomic E-state index is 13.4. The van der Waals surface area contributed by atoms with Crippen molar-refractivity contribution in [3.05, 3.63) is 64.7 Å². The van der Waals surface area contributed by atoms with Gasteiger partial charge in [-0.15, -0.1) is 0 Å². The Morgan fingerprint density at radius 3 is 2.65 bits per heavy atom. The SMILES string of the molecule is Cc1ccc(C(=O)O)cc1OCc1cc(F)ccc1F. The van der Waals surface area contributed by atoms with Gasteiger partial charge in [-0.05, 0) is 42.8 Å². The zero-order chi connectivity index (χ0) is 14.7. The number of halogens is 2. The van der Waals surface area contributed by atoms with Gasteiger partial charge in [0.05, 0.1) is 5.56 Å². The standard InChI is InChI=1S/C15H12F2O3/c1-9-2-3-10(15(18)19)7-14(9)20-8-11-6-12(16)4-5-13(11)17/h2-7H,8H2,1H3,(H,18,19). The van der Waals surface area contributed by atoms with E-state index in [-0.39, 0.29) is 17.7 Å². The number of hydrogen-bond acceptors (Lipinski definition) is 2. The van der Waals surface area contributed by atoms with Crippen molar-refractivity contribution in [3.8, 4) is 5.75 Å². The van der Waals surface area contributed by atoms with Crippen molar-refractivity contribution in [1.29, 1.82) is 0 Å². The molecule has 0 saturated carbocycles. The number of ether oxygens (including phenoxy) is 1. The maximum absolute atomic E-state index is 13.4. The molecule has 0 aromatic heterocycles. The summed E-state index contributed by atoms with van der Waals surface area (Å²) < 4.78 is 31.8. The molecule has 0 bridgehead atoms. The van der Waals surface area contributed by atoms with Gasteiger partial charge in [0.2, 0.25) is 0 Å². The minimum atomic E-state index is -1.08. The number of rotatable bonds is 4. The van der Waals surface area contributed by atoms with Crippen LogP contribution in [0.1, 0.15) is 21.5 Å². The summed E-state index contributed by atoms with van der Waals surface area (Å²) in [5.41, 5.74) is 0.863. The van der Waals surface area contributed by atoms with Crippen LogP contribution in [-0.4, -0.2) is 11.1 Å². The van der Waals surface area contributed by atoms with Gasteiger partial charge in [-0.3, -0.25) is 0 Å². The van der Waals surface area contributed by atoms with Gasteiger partial charge >= 0.3 is 5.97 Å². The number of aromatic carboxylic acids is 1. The van der Waals surface area contributed by atoms with E-state index in [0.29, 0.717) is 11.3 Å². The van der Waals surface area contributed by atoms with Gasteiger partial charge in [-0.25, -0.2) is 13.6 Å². The Hall–Kier alpha value is -2.43. The number of hydrogen-bond donors (Lipinski definition) is 1. The fourth-order valence-electron chi connectivity index (χ4n) is 1.70. The number of benzene rings is 2. The van der Waals surface area contributed by atoms with E-state index in [1.54, 1.807) is 13.0 Å². The molecule has 2 aromatic rings. The molecule has 20 heavy (non-hydrogen) atoms. The first kappa shape index (κ1) is 14.0. The lowest BCUT2D eigenvalue weighted by Gasteiger charge is -2.10. The highest BCUT2D eigenvalue weighted by Gasteiger charge is 2.09. The number of carboxylic acid groups (broad SMARTS) is 1. The van der Waals surface area contributed by atoms with E-state index >= 15 is 0 Å². The Bertz CT molecular complexity index is 654. The third-order valence-electron chi connectivity index (χ3n) is 2.83. The van der Waals surface area contributed by atoms with Crippen LogP contribution >= 0.6 is 0 Å². The average Bonchev–Trinajstić information content (AvgIpc) is 2.41. The lowest BCUT2D eigenvalue weighted by atomic mass is 10.1. The molecule has 3 nitrogen and oxygen atoms in total. The van der Waals surface area contributed by atoms with Crippen molar-refractivity contribution in [3.63, 3.8) is 0 Å². The second-order valence-corrected chi connectivity index (χ2v) is 4.31. The quantitative estimate of drug-likeness (QED) is 0.930. The summed E-state index contributed by atoms with van der Waals surface area (Å²) in [6.07, 6.45) is 0. The molecule has 0 amide bonds. The Balaban J connectivity index is 2.20. The third-order valence-corrected chi connectivity index (χ3v) is 2.83. The first-order valence-electron chi connectivity index (χ1n) is 5.88. The van der Waals surface area contributed by atoms with Gasteiger partial charge < -0.3 is 9.84 Å². The molecule has 0 heterocycles. The van der Waals surface area contributed by atoms with Crippen LogP contribution in [0, 0.1) is 18.6 Å². The first-order chi connectivity index (χ1) is 9.47. The van der Waals surface area contributed by atoms with Crippen LogP contribution in [0.15, 0.2) is 36.4 Å². The van der Waals surface area contributed by atoms with Crippen LogP contribution in [0.3, 0.4) is 0 Å². The van der Waals surface area contributed by atoms with E-state index in [4.69, 9.17) is 9.84 Å². The van der Waals surface area contributed by atoms with Crippen LogP contribution in [0.25, 0.3) is 0 Å². The van der Waals surface area contributed by atoms with Crippen molar-refractivity contribution in [2.75, 3.05) is 0 Å². The van der Waals surface area contributed by atoms with Gasteiger partial charge in [0.15, 0.2) is 0 Å². The van der Waals surface area contributed by atoms with Crippen LogP contribution in [0.4, 0.5) is 8.78 Å².